The van der Waals surface area contributed by atoms with Crippen LogP contribution < -0.4 is 10.2 Å². The van der Waals surface area contributed by atoms with E-state index in [4.69, 9.17) is 0 Å². The van der Waals surface area contributed by atoms with Crippen LogP contribution in [0.2, 0.25) is 0 Å². The molecule has 1 saturated heterocycles. The Morgan fingerprint density at radius 1 is 1.04 bits per heavy atom. The summed E-state index contributed by atoms with van der Waals surface area (Å²) in [7, 11) is 0. The van der Waals surface area contributed by atoms with Gasteiger partial charge in [0.05, 0.1) is 12.1 Å². The van der Waals surface area contributed by atoms with Crippen LogP contribution in [0.5, 0.6) is 0 Å². The number of hydrogen-bond donors (Lipinski definition) is 1. The summed E-state index contributed by atoms with van der Waals surface area (Å²) < 4.78 is 0. The minimum Gasteiger partial charge on any atom is -0.368 e. The van der Waals surface area contributed by atoms with Crippen molar-refractivity contribution in [2.75, 3.05) is 36.4 Å². The fraction of sp³-hybridized carbons (Fsp3) is 0.250. The molecule has 3 aromatic rings. The molecule has 138 valence electrons. The van der Waals surface area contributed by atoms with Gasteiger partial charge in [-0.3, -0.25) is 4.79 Å². The van der Waals surface area contributed by atoms with Crippen molar-refractivity contribution < 1.29 is 4.79 Å². The van der Waals surface area contributed by atoms with Crippen LogP contribution in [0, 0.1) is 0 Å². The maximum absolute atomic E-state index is 12.6. The molecule has 1 aliphatic rings. The van der Waals surface area contributed by atoms with Crippen LogP contribution in [0.3, 0.4) is 0 Å². The van der Waals surface area contributed by atoms with E-state index in [0.717, 1.165) is 42.8 Å². The zero-order chi connectivity index (χ0) is 18.5. The molecule has 27 heavy (non-hydrogen) atoms. The quantitative estimate of drug-likeness (QED) is 0.738. The van der Waals surface area contributed by atoms with Crippen LogP contribution in [-0.4, -0.2) is 47.0 Å². The van der Waals surface area contributed by atoms with E-state index in [1.807, 2.05) is 46.7 Å². The van der Waals surface area contributed by atoms with Crippen molar-refractivity contribution in [3.8, 4) is 0 Å². The molecule has 1 N–H and O–H groups in total. The van der Waals surface area contributed by atoms with E-state index in [-0.39, 0.29) is 5.91 Å². The van der Waals surface area contributed by atoms with Gasteiger partial charge in [0.2, 0.25) is 5.91 Å². The zero-order valence-corrected chi connectivity index (χ0v) is 15.7. The predicted molar refractivity (Wildman–Crippen MR) is 109 cm³/mol. The second-order valence-corrected chi connectivity index (χ2v) is 7.22. The Labute approximate surface area is 162 Å². The number of piperazine rings is 1. The third kappa shape index (κ3) is 4.43. The molecular formula is C20H21N5OS. The van der Waals surface area contributed by atoms with Gasteiger partial charge in [-0.15, -0.1) is 11.3 Å². The van der Waals surface area contributed by atoms with Crippen LogP contribution in [0.25, 0.3) is 0 Å². The number of amides is 1. The number of pyridine rings is 1. The van der Waals surface area contributed by atoms with E-state index in [2.05, 4.69) is 32.3 Å². The van der Waals surface area contributed by atoms with E-state index in [0.29, 0.717) is 6.42 Å². The number of aromatic nitrogens is 2. The Hall–Kier alpha value is -2.93. The standard InChI is InChI=1S/C20H21N5OS/c26-19(25-12-10-24(11-13-25)17-6-2-1-3-7-17)14-16-15-27-20(22-16)23-18-8-4-5-9-21-18/h1-9,15H,10-14H2,(H,21,22,23). The highest BCUT2D eigenvalue weighted by Gasteiger charge is 2.22. The van der Waals surface area contributed by atoms with E-state index in [1.165, 1.54) is 17.0 Å². The molecule has 7 heteroatoms. The number of nitrogens with one attached hydrogen (secondary N) is 1. The van der Waals surface area contributed by atoms with Crippen molar-refractivity contribution >= 4 is 33.9 Å². The lowest BCUT2D eigenvalue weighted by Crippen LogP contribution is -2.49. The van der Waals surface area contributed by atoms with Gasteiger partial charge >= 0.3 is 0 Å². The van der Waals surface area contributed by atoms with E-state index in [1.54, 1.807) is 6.20 Å². The van der Waals surface area contributed by atoms with Gasteiger partial charge in [-0.2, -0.15) is 0 Å². The smallest absolute Gasteiger partial charge is 0.228 e. The SMILES string of the molecule is O=C(Cc1csc(Nc2ccccn2)n1)N1CCN(c2ccccc2)CC1. The summed E-state index contributed by atoms with van der Waals surface area (Å²) in [6, 6.07) is 16.0. The van der Waals surface area contributed by atoms with Crippen molar-refractivity contribution in [3.63, 3.8) is 0 Å². The molecule has 0 unspecified atom stereocenters. The number of benzene rings is 1. The van der Waals surface area contributed by atoms with Crippen molar-refractivity contribution in [2.24, 2.45) is 0 Å². The lowest BCUT2D eigenvalue weighted by Gasteiger charge is -2.36. The first kappa shape index (κ1) is 17.5. The van der Waals surface area contributed by atoms with Crippen LogP contribution in [0.15, 0.2) is 60.1 Å². The minimum atomic E-state index is 0.136. The van der Waals surface area contributed by atoms with Gasteiger partial charge in [-0.05, 0) is 24.3 Å². The summed E-state index contributed by atoms with van der Waals surface area (Å²) in [5.74, 6) is 0.888. The molecule has 6 nitrogen and oxygen atoms in total. The van der Waals surface area contributed by atoms with Crippen molar-refractivity contribution in [2.45, 2.75) is 6.42 Å². The van der Waals surface area contributed by atoms with E-state index < -0.39 is 0 Å². The molecule has 2 aromatic heterocycles. The number of carbonyl (C=O) groups excluding carboxylic acids is 1. The summed E-state index contributed by atoms with van der Waals surface area (Å²) in [5, 5.41) is 5.85. The highest BCUT2D eigenvalue weighted by Crippen LogP contribution is 2.21. The number of para-hydroxylation sites is 1. The van der Waals surface area contributed by atoms with Gasteiger partial charge in [0, 0.05) is 43.4 Å². The second kappa shape index (κ2) is 8.18. The first-order valence-electron chi connectivity index (χ1n) is 8.98. The Morgan fingerprint density at radius 2 is 1.81 bits per heavy atom. The van der Waals surface area contributed by atoms with E-state index >= 15 is 0 Å². The monoisotopic (exact) mass is 379 g/mol. The summed E-state index contributed by atoms with van der Waals surface area (Å²) in [4.78, 5) is 25.6. The predicted octanol–water partition coefficient (Wildman–Crippen LogP) is 3.17. The molecule has 1 aromatic carbocycles. The molecule has 0 atom stereocenters. The van der Waals surface area contributed by atoms with Crippen LogP contribution in [0.1, 0.15) is 5.69 Å². The average molecular weight is 379 g/mol. The second-order valence-electron chi connectivity index (χ2n) is 6.36. The lowest BCUT2D eigenvalue weighted by molar-refractivity contribution is -0.130. The van der Waals surface area contributed by atoms with Crippen LogP contribution in [0.4, 0.5) is 16.6 Å². The molecule has 0 bridgehead atoms. The van der Waals surface area contributed by atoms with E-state index in [9.17, 15) is 4.79 Å². The van der Waals surface area contributed by atoms with Crippen LogP contribution >= 0.6 is 11.3 Å². The highest BCUT2D eigenvalue weighted by molar-refractivity contribution is 7.13. The normalized spacial score (nSPS) is 14.2. The zero-order valence-electron chi connectivity index (χ0n) is 14.9. The lowest BCUT2D eigenvalue weighted by atomic mass is 10.2. The fourth-order valence-corrected chi connectivity index (χ4v) is 3.83. The molecule has 0 radical (unpaired) electrons. The molecule has 3 heterocycles. The molecule has 0 aliphatic carbocycles. The summed E-state index contributed by atoms with van der Waals surface area (Å²) in [6.07, 6.45) is 2.07. The molecule has 1 aliphatic heterocycles. The van der Waals surface area contributed by atoms with Gasteiger partial charge < -0.3 is 15.1 Å². The number of hydrogen-bond acceptors (Lipinski definition) is 6. The molecule has 4 rings (SSSR count). The first-order valence-corrected chi connectivity index (χ1v) is 9.86. The van der Waals surface area contributed by atoms with Crippen molar-refractivity contribution in [1.29, 1.82) is 0 Å². The third-order valence-corrected chi connectivity index (χ3v) is 5.34. The summed E-state index contributed by atoms with van der Waals surface area (Å²) in [6.45, 7) is 3.21. The Balaban J connectivity index is 1.30. The van der Waals surface area contributed by atoms with Gasteiger partial charge in [0.1, 0.15) is 5.82 Å². The summed E-state index contributed by atoms with van der Waals surface area (Å²) >= 11 is 1.49. The van der Waals surface area contributed by atoms with Crippen molar-refractivity contribution in [1.82, 2.24) is 14.9 Å². The van der Waals surface area contributed by atoms with Gasteiger partial charge in [0.25, 0.3) is 0 Å². The maximum Gasteiger partial charge on any atom is 0.228 e. The Kier molecular flexibility index (Phi) is 5.29. The number of nitrogens with zero attached hydrogens (tertiary/aromatic N) is 4. The number of thiazole rings is 1. The fourth-order valence-electron chi connectivity index (χ4n) is 3.11. The maximum atomic E-state index is 12.6. The topological polar surface area (TPSA) is 61.4 Å². The van der Waals surface area contributed by atoms with Gasteiger partial charge in [0.15, 0.2) is 5.13 Å². The number of rotatable bonds is 5. The average Bonchev–Trinajstić information content (AvgIpc) is 3.16. The molecule has 1 amide bonds. The third-order valence-electron chi connectivity index (χ3n) is 4.54. The van der Waals surface area contributed by atoms with Gasteiger partial charge in [-0.1, -0.05) is 24.3 Å². The van der Waals surface area contributed by atoms with Crippen LogP contribution in [-0.2, 0) is 11.2 Å². The first-order chi connectivity index (χ1) is 13.3. The number of anilines is 3. The Bertz CT molecular complexity index is 876. The molecule has 1 fully saturated rings. The highest BCUT2D eigenvalue weighted by atomic mass is 32.1. The summed E-state index contributed by atoms with van der Waals surface area (Å²) in [5.41, 5.74) is 2.02. The van der Waals surface area contributed by atoms with Gasteiger partial charge in [-0.25, -0.2) is 9.97 Å². The van der Waals surface area contributed by atoms with Crippen molar-refractivity contribution in [3.05, 3.63) is 65.8 Å². The molecular weight excluding hydrogens is 358 g/mol. The molecule has 0 saturated carbocycles. The minimum absolute atomic E-state index is 0.136. The largest absolute Gasteiger partial charge is 0.368 e. The Morgan fingerprint density at radius 3 is 2.56 bits per heavy atom. The molecule has 0 spiro atoms. The number of carbonyl (C=O) groups is 1.